The summed E-state index contributed by atoms with van der Waals surface area (Å²) in [5, 5.41) is 11.4. The van der Waals surface area contributed by atoms with Crippen molar-refractivity contribution < 1.29 is 24.2 Å². The molecule has 1 atom stereocenters. The van der Waals surface area contributed by atoms with Crippen molar-refractivity contribution in [2.75, 3.05) is 39.5 Å². The molecule has 0 aliphatic carbocycles. The van der Waals surface area contributed by atoms with Crippen LogP contribution in [0.5, 0.6) is 0 Å². The van der Waals surface area contributed by atoms with Crippen LogP contribution in [0, 0.1) is 0 Å². The second-order valence-electron chi connectivity index (χ2n) is 4.66. The Morgan fingerprint density at radius 3 is 2.10 bits per heavy atom. The summed E-state index contributed by atoms with van der Waals surface area (Å²) in [6, 6.07) is -0.400. The lowest BCUT2D eigenvalue weighted by Gasteiger charge is -2.25. The van der Waals surface area contributed by atoms with E-state index in [0.29, 0.717) is 45.9 Å². The smallest absolute Gasteiger partial charge is 0.317 e. The standard InChI is InChI=1S/C14H28N2O5/c1-4-20-10-8-16(9-11-21-5-2)14(19)15-12(3)6-7-13(17)18/h12H,4-11H2,1-3H3,(H,15,19)(H,17,18). The molecule has 7 heteroatoms. The van der Waals surface area contributed by atoms with Crippen molar-refractivity contribution in [3.63, 3.8) is 0 Å². The number of urea groups is 1. The van der Waals surface area contributed by atoms with Crippen LogP contribution in [0.1, 0.15) is 33.6 Å². The molecule has 0 radical (unpaired) electrons. The Bertz CT molecular complexity index is 289. The molecule has 0 aliphatic heterocycles. The largest absolute Gasteiger partial charge is 0.481 e. The maximum atomic E-state index is 12.1. The van der Waals surface area contributed by atoms with Gasteiger partial charge in [-0.15, -0.1) is 0 Å². The van der Waals surface area contributed by atoms with Crippen LogP contribution in [-0.4, -0.2) is 67.6 Å². The maximum absolute atomic E-state index is 12.1. The first-order chi connectivity index (χ1) is 10.0. The molecule has 2 amide bonds. The number of carboxylic acid groups (broad SMARTS) is 1. The molecule has 2 N–H and O–H groups in total. The van der Waals surface area contributed by atoms with Gasteiger partial charge in [-0.05, 0) is 27.2 Å². The first-order valence-corrected chi connectivity index (χ1v) is 7.43. The molecule has 124 valence electrons. The van der Waals surface area contributed by atoms with E-state index in [1.165, 1.54) is 0 Å². The summed E-state index contributed by atoms with van der Waals surface area (Å²) in [7, 11) is 0. The van der Waals surface area contributed by atoms with Gasteiger partial charge >= 0.3 is 12.0 Å². The first-order valence-electron chi connectivity index (χ1n) is 7.43. The van der Waals surface area contributed by atoms with E-state index in [1.54, 1.807) is 11.8 Å². The number of hydrogen-bond donors (Lipinski definition) is 2. The number of hydrogen-bond acceptors (Lipinski definition) is 4. The maximum Gasteiger partial charge on any atom is 0.317 e. The number of carbonyl (C=O) groups excluding carboxylic acids is 1. The molecule has 0 fully saturated rings. The summed E-state index contributed by atoms with van der Waals surface area (Å²) in [6.45, 7) is 8.73. The van der Waals surface area contributed by atoms with Crippen LogP contribution < -0.4 is 5.32 Å². The Balaban J connectivity index is 4.22. The summed E-state index contributed by atoms with van der Waals surface area (Å²) in [5.74, 6) is -0.861. The van der Waals surface area contributed by atoms with Gasteiger partial charge < -0.3 is 24.8 Å². The summed E-state index contributed by atoms with van der Waals surface area (Å²) < 4.78 is 10.5. The zero-order valence-corrected chi connectivity index (χ0v) is 13.3. The average molecular weight is 304 g/mol. The number of aliphatic carboxylic acids is 1. The van der Waals surface area contributed by atoms with Gasteiger partial charge in [0.05, 0.1) is 13.2 Å². The zero-order chi connectivity index (χ0) is 16.1. The van der Waals surface area contributed by atoms with Gasteiger partial charge in [-0.25, -0.2) is 4.79 Å². The van der Waals surface area contributed by atoms with Gasteiger partial charge in [-0.3, -0.25) is 4.79 Å². The summed E-state index contributed by atoms with van der Waals surface area (Å²) >= 11 is 0. The molecule has 0 saturated heterocycles. The van der Waals surface area contributed by atoms with Gasteiger partial charge in [0.15, 0.2) is 0 Å². The van der Waals surface area contributed by atoms with Crippen LogP contribution >= 0.6 is 0 Å². The van der Waals surface area contributed by atoms with Crippen LogP contribution in [0.15, 0.2) is 0 Å². The van der Waals surface area contributed by atoms with Crippen LogP contribution in [-0.2, 0) is 14.3 Å². The third-order valence-corrected chi connectivity index (χ3v) is 2.87. The molecule has 0 bridgehead atoms. The van der Waals surface area contributed by atoms with Gasteiger partial charge in [0.2, 0.25) is 0 Å². The van der Waals surface area contributed by atoms with Crippen LogP contribution in [0.3, 0.4) is 0 Å². The number of carbonyl (C=O) groups is 2. The lowest BCUT2D eigenvalue weighted by Crippen LogP contribution is -2.46. The van der Waals surface area contributed by atoms with Crippen molar-refractivity contribution in [2.45, 2.75) is 39.7 Å². The Labute approximate surface area is 126 Å². The molecule has 0 aromatic carbocycles. The molecule has 0 aromatic rings. The number of nitrogens with zero attached hydrogens (tertiary/aromatic N) is 1. The lowest BCUT2D eigenvalue weighted by molar-refractivity contribution is -0.137. The van der Waals surface area contributed by atoms with E-state index >= 15 is 0 Å². The highest BCUT2D eigenvalue weighted by atomic mass is 16.5. The molecule has 21 heavy (non-hydrogen) atoms. The molecule has 1 unspecified atom stereocenters. The number of carboxylic acids is 1. The fourth-order valence-corrected chi connectivity index (χ4v) is 1.67. The lowest BCUT2D eigenvalue weighted by atomic mass is 10.2. The molecule has 0 rings (SSSR count). The van der Waals surface area contributed by atoms with Crippen molar-refractivity contribution in [1.82, 2.24) is 10.2 Å². The highest BCUT2D eigenvalue weighted by Gasteiger charge is 2.16. The molecule has 0 aliphatic rings. The number of ether oxygens (including phenoxy) is 2. The van der Waals surface area contributed by atoms with Crippen molar-refractivity contribution in [1.29, 1.82) is 0 Å². The first kappa shape index (κ1) is 19.7. The predicted molar refractivity (Wildman–Crippen MR) is 79.4 cm³/mol. The van der Waals surface area contributed by atoms with E-state index in [4.69, 9.17) is 14.6 Å². The van der Waals surface area contributed by atoms with E-state index in [1.807, 2.05) is 13.8 Å². The third-order valence-electron chi connectivity index (χ3n) is 2.87. The minimum atomic E-state index is -0.861. The summed E-state index contributed by atoms with van der Waals surface area (Å²) in [6.07, 6.45) is 0.450. The topological polar surface area (TPSA) is 88.1 Å². The molecule has 0 heterocycles. The minimum Gasteiger partial charge on any atom is -0.481 e. The SMILES string of the molecule is CCOCCN(CCOCC)C(=O)NC(C)CCC(=O)O. The van der Waals surface area contributed by atoms with E-state index in [2.05, 4.69) is 5.32 Å². The molecule has 0 saturated carbocycles. The Hall–Kier alpha value is -1.34. The molecular weight excluding hydrogens is 276 g/mol. The van der Waals surface area contributed by atoms with E-state index < -0.39 is 5.97 Å². The Morgan fingerprint density at radius 1 is 1.14 bits per heavy atom. The van der Waals surface area contributed by atoms with Gasteiger partial charge in [0.25, 0.3) is 0 Å². The van der Waals surface area contributed by atoms with Crippen molar-refractivity contribution in [3.8, 4) is 0 Å². The fourth-order valence-electron chi connectivity index (χ4n) is 1.67. The normalized spacial score (nSPS) is 12.0. The van der Waals surface area contributed by atoms with E-state index in [-0.39, 0.29) is 18.5 Å². The zero-order valence-electron chi connectivity index (χ0n) is 13.3. The summed E-state index contributed by atoms with van der Waals surface area (Å²) in [4.78, 5) is 24.3. The fraction of sp³-hybridized carbons (Fsp3) is 0.857. The number of rotatable bonds is 12. The summed E-state index contributed by atoms with van der Waals surface area (Å²) in [5.41, 5.74) is 0. The quantitative estimate of drug-likeness (QED) is 0.531. The molecule has 0 spiro atoms. The number of amides is 2. The second-order valence-corrected chi connectivity index (χ2v) is 4.66. The number of nitrogens with one attached hydrogen (secondary N) is 1. The van der Waals surface area contributed by atoms with Crippen LogP contribution in [0.4, 0.5) is 4.79 Å². The monoisotopic (exact) mass is 304 g/mol. The van der Waals surface area contributed by atoms with Crippen molar-refractivity contribution >= 4 is 12.0 Å². The average Bonchev–Trinajstić information content (AvgIpc) is 2.43. The van der Waals surface area contributed by atoms with Crippen LogP contribution in [0.2, 0.25) is 0 Å². The van der Waals surface area contributed by atoms with Crippen molar-refractivity contribution in [3.05, 3.63) is 0 Å². The van der Waals surface area contributed by atoms with Gasteiger partial charge in [0.1, 0.15) is 0 Å². The van der Waals surface area contributed by atoms with Gasteiger partial charge in [0, 0.05) is 38.8 Å². The molecule has 7 nitrogen and oxygen atoms in total. The van der Waals surface area contributed by atoms with Crippen LogP contribution in [0.25, 0.3) is 0 Å². The second kappa shape index (κ2) is 12.4. The van der Waals surface area contributed by atoms with Gasteiger partial charge in [-0.2, -0.15) is 0 Å². The molecule has 0 aromatic heterocycles. The Kier molecular flexibility index (Phi) is 11.6. The minimum absolute atomic E-state index is 0.0410. The van der Waals surface area contributed by atoms with E-state index in [9.17, 15) is 9.59 Å². The third kappa shape index (κ3) is 11.0. The Morgan fingerprint density at radius 2 is 1.67 bits per heavy atom. The molecular formula is C14H28N2O5. The predicted octanol–water partition coefficient (Wildman–Crippen LogP) is 1.32. The van der Waals surface area contributed by atoms with Gasteiger partial charge in [-0.1, -0.05) is 0 Å². The highest BCUT2D eigenvalue weighted by molar-refractivity contribution is 5.74. The highest BCUT2D eigenvalue weighted by Crippen LogP contribution is 1.99. The van der Waals surface area contributed by atoms with E-state index in [0.717, 1.165) is 0 Å². The van der Waals surface area contributed by atoms with Crippen molar-refractivity contribution in [2.24, 2.45) is 0 Å².